The van der Waals surface area contributed by atoms with Crippen molar-refractivity contribution in [2.24, 2.45) is 0 Å². The highest BCUT2D eigenvalue weighted by atomic mass is 79.9. The van der Waals surface area contributed by atoms with Crippen molar-refractivity contribution in [1.29, 1.82) is 0 Å². The van der Waals surface area contributed by atoms with Gasteiger partial charge in [-0.1, -0.05) is 19.8 Å². The van der Waals surface area contributed by atoms with E-state index in [4.69, 9.17) is 0 Å². The molecule has 0 saturated carbocycles. The molecule has 4 heteroatoms. The molecule has 1 N–H and O–H groups in total. The second kappa shape index (κ2) is 9.54. The van der Waals surface area contributed by atoms with Crippen LogP contribution in [0.25, 0.3) is 0 Å². The quantitative estimate of drug-likeness (QED) is 0.565. The molecular weight excluding hydrogens is 362 g/mol. The zero-order valence-corrected chi connectivity index (χ0v) is 14.4. The van der Waals surface area contributed by atoms with Gasteiger partial charge in [-0.2, -0.15) is 0 Å². The first kappa shape index (κ1) is 15.7. The predicted molar refractivity (Wildman–Crippen MR) is 85.1 cm³/mol. The molecular formula is C13H21Br2NS. The molecule has 0 radical (unpaired) electrons. The van der Waals surface area contributed by atoms with E-state index in [1.165, 1.54) is 58.2 Å². The molecule has 0 bridgehead atoms. The van der Waals surface area contributed by atoms with Crippen LogP contribution in [0, 0.1) is 0 Å². The van der Waals surface area contributed by atoms with Gasteiger partial charge < -0.3 is 5.32 Å². The Balaban J connectivity index is 1.97. The summed E-state index contributed by atoms with van der Waals surface area (Å²) in [6.45, 7) is 4.56. The van der Waals surface area contributed by atoms with Gasteiger partial charge in [0.2, 0.25) is 0 Å². The summed E-state index contributed by atoms with van der Waals surface area (Å²) >= 11 is 8.91. The van der Waals surface area contributed by atoms with Crippen molar-refractivity contribution < 1.29 is 0 Å². The summed E-state index contributed by atoms with van der Waals surface area (Å²) < 4.78 is 2.41. The SMILES string of the molecule is CCCNCCCCCCc1cc(Br)c(Br)s1. The van der Waals surface area contributed by atoms with Crippen LogP contribution in [-0.2, 0) is 6.42 Å². The van der Waals surface area contributed by atoms with Crippen LogP contribution in [0.1, 0.15) is 43.9 Å². The first-order chi connectivity index (χ1) is 8.24. The summed E-state index contributed by atoms with van der Waals surface area (Å²) in [6, 6.07) is 2.23. The predicted octanol–water partition coefficient (Wildman–Crippen LogP) is 5.38. The molecule has 1 aromatic rings. The van der Waals surface area contributed by atoms with Crippen molar-refractivity contribution in [2.75, 3.05) is 13.1 Å². The number of hydrogen-bond donors (Lipinski definition) is 1. The fourth-order valence-corrected chi connectivity index (χ4v) is 3.94. The number of nitrogens with one attached hydrogen (secondary N) is 1. The lowest BCUT2D eigenvalue weighted by atomic mass is 10.1. The highest BCUT2D eigenvalue weighted by Gasteiger charge is 2.03. The van der Waals surface area contributed by atoms with Gasteiger partial charge >= 0.3 is 0 Å². The molecule has 0 amide bonds. The number of thiophene rings is 1. The Bertz CT molecular complexity index is 293. The summed E-state index contributed by atoms with van der Waals surface area (Å²) in [4.78, 5) is 1.48. The zero-order valence-electron chi connectivity index (χ0n) is 10.4. The van der Waals surface area contributed by atoms with Crippen LogP contribution in [0.4, 0.5) is 0 Å². The highest BCUT2D eigenvalue weighted by molar-refractivity contribution is 9.13. The summed E-state index contributed by atoms with van der Waals surface area (Å²) in [5, 5.41) is 3.44. The van der Waals surface area contributed by atoms with Crippen LogP contribution in [0.2, 0.25) is 0 Å². The summed E-state index contributed by atoms with van der Waals surface area (Å²) in [5.41, 5.74) is 0. The third kappa shape index (κ3) is 6.94. The molecule has 17 heavy (non-hydrogen) atoms. The van der Waals surface area contributed by atoms with E-state index < -0.39 is 0 Å². The average molecular weight is 383 g/mol. The van der Waals surface area contributed by atoms with Gasteiger partial charge in [0, 0.05) is 9.35 Å². The maximum atomic E-state index is 3.54. The molecule has 0 atom stereocenters. The Hall–Kier alpha value is 0.620. The second-order valence-electron chi connectivity index (χ2n) is 4.25. The molecule has 0 aromatic carbocycles. The van der Waals surface area contributed by atoms with Crippen molar-refractivity contribution in [3.63, 3.8) is 0 Å². The van der Waals surface area contributed by atoms with Crippen molar-refractivity contribution in [2.45, 2.75) is 45.4 Å². The summed E-state index contributed by atoms with van der Waals surface area (Å²) in [7, 11) is 0. The molecule has 0 aliphatic carbocycles. The van der Waals surface area contributed by atoms with E-state index in [0.29, 0.717) is 0 Å². The lowest BCUT2D eigenvalue weighted by Crippen LogP contribution is -2.15. The molecule has 1 rings (SSSR count). The number of aryl methyl sites for hydroxylation is 1. The monoisotopic (exact) mass is 381 g/mol. The van der Waals surface area contributed by atoms with Gasteiger partial charge in [0.1, 0.15) is 0 Å². The maximum Gasteiger partial charge on any atom is 0.0843 e. The lowest BCUT2D eigenvalue weighted by molar-refractivity contribution is 0.585. The van der Waals surface area contributed by atoms with Crippen molar-refractivity contribution in [3.8, 4) is 0 Å². The molecule has 1 heterocycles. The van der Waals surface area contributed by atoms with E-state index in [1.54, 1.807) is 0 Å². The lowest BCUT2D eigenvalue weighted by Gasteiger charge is -2.02. The van der Waals surface area contributed by atoms with E-state index >= 15 is 0 Å². The van der Waals surface area contributed by atoms with Crippen molar-refractivity contribution in [1.82, 2.24) is 5.32 Å². The van der Waals surface area contributed by atoms with Crippen molar-refractivity contribution >= 4 is 43.2 Å². The number of unbranched alkanes of at least 4 members (excludes halogenated alkanes) is 3. The van der Waals surface area contributed by atoms with Gasteiger partial charge in [0.05, 0.1) is 3.79 Å². The molecule has 0 fully saturated rings. The maximum absolute atomic E-state index is 3.54. The van der Waals surface area contributed by atoms with Crippen LogP contribution in [0.15, 0.2) is 14.3 Å². The minimum Gasteiger partial charge on any atom is -0.317 e. The highest BCUT2D eigenvalue weighted by Crippen LogP contribution is 2.33. The first-order valence-corrected chi connectivity index (χ1v) is 8.78. The summed E-state index contributed by atoms with van der Waals surface area (Å²) in [5.74, 6) is 0. The minimum absolute atomic E-state index is 1.16. The van der Waals surface area contributed by atoms with Crippen LogP contribution < -0.4 is 5.32 Å². The van der Waals surface area contributed by atoms with Crippen LogP contribution in [0.3, 0.4) is 0 Å². The van der Waals surface area contributed by atoms with Gasteiger partial charge in [-0.05, 0) is 76.7 Å². The smallest absolute Gasteiger partial charge is 0.0843 e. The largest absolute Gasteiger partial charge is 0.317 e. The van der Waals surface area contributed by atoms with Crippen LogP contribution in [0.5, 0.6) is 0 Å². The topological polar surface area (TPSA) is 12.0 Å². The van der Waals surface area contributed by atoms with Gasteiger partial charge in [-0.15, -0.1) is 11.3 Å². The second-order valence-corrected chi connectivity index (χ2v) is 7.56. The van der Waals surface area contributed by atoms with Gasteiger partial charge in [0.25, 0.3) is 0 Å². The molecule has 98 valence electrons. The van der Waals surface area contributed by atoms with E-state index in [-0.39, 0.29) is 0 Å². The Morgan fingerprint density at radius 2 is 1.88 bits per heavy atom. The molecule has 0 spiro atoms. The summed E-state index contributed by atoms with van der Waals surface area (Å²) in [6.07, 6.45) is 7.79. The Morgan fingerprint density at radius 1 is 1.12 bits per heavy atom. The Labute approximate surface area is 126 Å². The Kier molecular flexibility index (Phi) is 8.79. The van der Waals surface area contributed by atoms with Gasteiger partial charge in [-0.3, -0.25) is 0 Å². The van der Waals surface area contributed by atoms with Crippen LogP contribution in [-0.4, -0.2) is 13.1 Å². The van der Waals surface area contributed by atoms with Gasteiger partial charge in [-0.25, -0.2) is 0 Å². The standard InChI is InChI=1S/C13H21Br2NS/c1-2-8-16-9-6-4-3-5-7-11-10-12(14)13(15)17-11/h10,16H,2-9H2,1H3. The fraction of sp³-hybridized carbons (Fsp3) is 0.692. The molecule has 1 aromatic heterocycles. The van der Waals surface area contributed by atoms with E-state index in [9.17, 15) is 0 Å². The molecule has 0 aliphatic heterocycles. The van der Waals surface area contributed by atoms with Gasteiger partial charge in [0.15, 0.2) is 0 Å². The number of rotatable bonds is 9. The molecule has 0 aliphatic rings. The minimum atomic E-state index is 1.16. The van der Waals surface area contributed by atoms with E-state index in [1.807, 2.05) is 11.3 Å². The number of hydrogen-bond acceptors (Lipinski definition) is 2. The average Bonchev–Trinajstić information content (AvgIpc) is 2.62. The van der Waals surface area contributed by atoms with E-state index in [0.717, 1.165) is 6.54 Å². The van der Waals surface area contributed by atoms with E-state index in [2.05, 4.69) is 50.2 Å². The van der Waals surface area contributed by atoms with Crippen molar-refractivity contribution in [3.05, 3.63) is 19.2 Å². The van der Waals surface area contributed by atoms with Crippen LogP contribution >= 0.6 is 43.2 Å². The third-order valence-electron chi connectivity index (χ3n) is 2.65. The Morgan fingerprint density at radius 3 is 2.53 bits per heavy atom. The fourth-order valence-electron chi connectivity index (χ4n) is 1.72. The molecule has 1 nitrogen and oxygen atoms in total. The molecule has 0 unspecified atom stereocenters. The molecule has 0 saturated heterocycles. The zero-order chi connectivity index (χ0) is 12.5. The first-order valence-electron chi connectivity index (χ1n) is 6.38. The third-order valence-corrected chi connectivity index (χ3v) is 5.97. The number of halogens is 2. The normalized spacial score (nSPS) is 11.0.